The number of hydrogen-bond acceptors (Lipinski definition) is 2. The molecule has 1 aromatic carbocycles. The van der Waals surface area contributed by atoms with Crippen LogP contribution < -0.4 is 10.2 Å². The molecule has 2 unspecified atom stereocenters. The first-order chi connectivity index (χ1) is 8.66. The number of benzene rings is 1. The number of piperidine rings is 1. The highest BCUT2D eigenvalue weighted by atomic mass is 15.2. The summed E-state index contributed by atoms with van der Waals surface area (Å²) in [4.78, 5) is 2.37. The standard InChI is InChI=1S/C16H20N2/c1-11-8-9-15(13(3)17-11)18-12(2)10-14-6-4-5-7-16(14)18/h4-7,11,15,17H,2-3,8-10H2,1H3. The molecule has 0 spiro atoms. The average Bonchev–Trinajstić information content (AvgIpc) is 2.66. The molecule has 2 aliphatic rings. The van der Waals surface area contributed by atoms with Crippen LogP contribution in [-0.2, 0) is 6.42 Å². The Morgan fingerprint density at radius 3 is 2.78 bits per heavy atom. The van der Waals surface area contributed by atoms with Crippen molar-refractivity contribution in [3.05, 3.63) is 54.4 Å². The number of hydrogen-bond donors (Lipinski definition) is 1. The molecule has 0 aromatic heterocycles. The van der Waals surface area contributed by atoms with Crippen LogP contribution >= 0.6 is 0 Å². The Morgan fingerprint density at radius 2 is 2.00 bits per heavy atom. The first-order valence-corrected chi connectivity index (χ1v) is 6.67. The van der Waals surface area contributed by atoms with E-state index in [0.29, 0.717) is 12.1 Å². The number of allylic oxidation sites excluding steroid dienone is 1. The number of fused-ring (bicyclic) bond motifs is 1. The molecule has 0 bridgehead atoms. The average molecular weight is 240 g/mol. The molecule has 2 atom stereocenters. The normalized spacial score (nSPS) is 27.1. The lowest BCUT2D eigenvalue weighted by Crippen LogP contribution is -2.45. The minimum absolute atomic E-state index is 0.359. The maximum atomic E-state index is 4.24. The van der Waals surface area contributed by atoms with Crippen molar-refractivity contribution in [3.8, 4) is 0 Å². The smallest absolute Gasteiger partial charge is 0.0729 e. The highest BCUT2D eigenvalue weighted by Gasteiger charge is 2.32. The van der Waals surface area contributed by atoms with Crippen LogP contribution in [0.15, 0.2) is 48.8 Å². The number of para-hydroxylation sites is 1. The van der Waals surface area contributed by atoms with Crippen molar-refractivity contribution < 1.29 is 0 Å². The minimum Gasteiger partial charge on any atom is -0.385 e. The number of rotatable bonds is 1. The second kappa shape index (κ2) is 4.20. The fourth-order valence-electron chi connectivity index (χ4n) is 3.11. The Labute approximate surface area is 109 Å². The van der Waals surface area contributed by atoms with Crippen molar-refractivity contribution >= 4 is 5.69 Å². The molecule has 1 N–H and O–H groups in total. The fourth-order valence-corrected chi connectivity index (χ4v) is 3.11. The Bertz CT molecular complexity index is 504. The van der Waals surface area contributed by atoms with Gasteiger partial charge in [-0.05, 0) is 31.4 Å². The molecule has 1 saturated heterocycles. The summed E-state index contributed by atoms with van der Waals surface area (Å²) < 4.78 is 0. The van der Waals surface area contributed by atoms with Gasteiger partial charge in [-0.25, -0.2) is 0 Å². The second-order valence-electron chi connectivity index (χ2n) is 5.41. The fraction of sp³-hybridized carbons (Fsp3) is 0.375. The van der Waals surface area contributed by atoms with Gasteiger partial charge in [-0.2, -0.15) is 0 Å². The van der Waals surface area contributed by atoms with Gasteiger partial charge in [-0.1, -0.05) is 31.4 Å². The molecular weight excluding hydrogens is 220 g/mol. The minimum atomic E-state index is 0.359. The lowest BCUT2D eigenvalue weighted by atomic mass is 9.97. The summed E-state index contributed by atoms with van der Waals surface area (Å²) in [5.74, 6) is 0. The predicted octanol–water partition coefficient (Wildman–Crippen LogP) is 3.22. The molecule has 0 saturated carbocycles. The summed E-state index contributed by atoms with van der Waals surface area (Å²) in [5, 5.41) is 3.48. The van der Waals surface area contributed by atoms with Gasteiger partial charge in [-0.3, -0.25) is 0 Å². The molecular formula is C16H20N2. The Hall–Kier alpha value is -1.70. The summed E-state index contributed by atoms with van der Waals surface area (Å²) in [6.07, 6.45) is 3.31. The number of nitrogens with one attached hydrogen (secondary N) is 1. The molecule has 2 heteroatoms. The molecule has 2 heterocycles. The summed E-state index contributed by atoms with van der Waals surface area (Å²) >= 11 is 0. The lowest BCUT2D eigenvalue weighted by molar-refractivity contribution is 0.434. The van der Waals surface area contributed by atoms with Crippen LogP contribution in [0, 0.1) is 0 Å². The molecule has 18 heavy (non-hydrogen) atoms. The third-order valence-electron chi connectivity index (χ3n) is 4.01. The van der Waals surface area contributed by atoms with Gasteiger partial charge in [0.25, 0.3) is 0 Å². The van der Waals surface area contributed by atoms with Crippen LogP contribution in [0.4, 0.5) is 5.69 Å². The van der Waals surface area contributed by atoms with Crippen LogP contribution in [0.5, 0.6) is 0 Å². The van der Waals surface area contributed by atoms with Gasteiger partial charge >= 0.3 is 0 Å². The van der Waals surface area contributed by atoms with Gasteiger partial charge in [0, 0.05) is 29.5 Å². The first-order valence-electron chi connectivity index (χ1n) is 6.67. The third-order valence-corrected chi connectivity index (χ3v) is 4.01. The lowest BCUT2D eigenvalue weighted by Gasteiger charge is -2.38. The van der Waals surface area contributed by atoms with Gasteiger partial charge in [0.1, 0.15) is 0 Å². The SMILES string of the molecule is C=C1NC(C)CCC1N1C(=C)Cc2ccccc21. The van der Waals surface area contributed by atoms with Crippen molar-refractivity contribution in [1.29, 1.82) is 0 Å². The van der Waals surface area contributed by atoms with Crippen molar-refractivity contribution in [2.45, 2.75) is 38.3 Å². The zero-order valence-electron chi connectivity index (χ0n) is 10.9. The Kier molecular flexibility index (Phi) is 2.66. The van der Waals surface area contributed by atoms with Gasteiger partial charge in [0.2, 0.25) is 0 Å². The maximum Gasteiger partial charge on any atom is 0.0729 e. The Balaban J connectivity index is 1.93. The van der Waals surface area contributed by atoms with E-state index in [-0.39, 0.29) is 0 Å². The van der Waals surface area contributed by atoms with Crippen molar-refractivity contribution in [2.75, 3.05) is 4.90 Å². The molecule has 1 aromatic rings. The third kappa shape index (κ3) is 1.72. The Morgan fingerprint density at radius 1 is 1.22 bits per heavy atom. The topological polar surface area (TPSA) is 15.3 Å². The molecule has 0 amide bonds. The zero-order valence-corrected chi connectivity index (χ0v) is 10.9. The van der Waals surface area contributed by atoms with Crippen molar-refractivity contribution in [3.63, 3.8) is 0 Å². The molecule has 2 aliphatic heterocycles. The predicted molar refractivity (Wildman–Crippen MR) is 76.5 cm³/mol. The number of anilines is 1. The summed E-state index contributed by atoms with van der Waals surface area (Å²) in [7, 11) is 0. The van der Waals surface area contributed by atoms with Crippen molar-refractivity contribution in [2.24, 2.45) is 0 Å². The van der Waals surface area contributed by atoms with E-state index in [1.54, 1.807) is 0 Å². The molecule has 1 fully saturated rings. The number of nitrogens with zero attached hydrogens (tertiary/aromatic N) is 1. The van der Waals surface area contributed by atoms with E-state index in [1.807, 2.05) is 0 Å². The van der Waals surface area contributed by atoms with Gasteiger partial charge in [-0.15, -0.1) is 0 Å². The highest BCUT2D eigenvalue weighted by Crippen LogP contribution is 2.38. The monoisotopic (exact) mass is 240 g/mol. The second-order valence-corrected chi connectivity index (χ2v) is 5.41. The summed E-state index contributed by atoms with van der Waals surface area (Å²) in [5.41, 5.74) is 5.02. The van der Waals surface area contributed by atoms with E-state index in [0.717, 1.165) is 18.5 Å². The molecule has 0 aliphatic carbocycles. The van der Waals surface area contributed by atoms with E-state index in [9.17, 15) is 0 Å². The van der Waals surface area contributed by atoms with Crippen LogP contribution in [0.25, 0.3) is 0 Å². The van der Waals surface area contributed by atoms with E-state index >= 15 is 0 Å². The van der Waals surface area contributed by atoms with Gasteiger partial charge in [0.05, 0.1) is 6.04 Å². The van der Waals surface area contributed by atoms with E-state index in [2.05, 4.69) is 54.6 Å². The summed E-state index contributed by atoms with van der Waals surface area (Å²) in [6.45, 7) is 10.7. The van der Waals surface area contributed by atoms with E-state index in [1.165, 1.54) is 23.4 Å². The first kappa shape index (κ1) is 11.4. The van der Waals surface area contributed by atoms with Crippen molar-refractivity contribution in [1.82, 2.24) is 5.32 Å². The largest absolute Gasteiger partial charge is 0.385 e. The molecule has 0 radical (unpaired) electrons. The zero-order chi connectivity index (χ0) is 12.7. The van der Waals surface area contributed by atoms with Crippen LogP contribution in [0.1, 0.15) is 25.3 Å². The molecule has 3 rings (SSSR count). The van der Waals surface area contributed by atoms with Crippen LogP contribution in [0.3, 0.4) is 0 Å². The maximum absolute atomic E-state index is 4.24. The quantitative estimate of drug-likeness (QED) is 0.811. The summed E-state index contributed by atoms with van der Waals surface area (Å²) in [6, 6.07) is 9.50. The highest BCUT2D eigenvalue weighted by molar-refractivity contribution is 5.66. The van der Waals surface area contributed by atoms with E-state index in [4.69, 9.17) is 0 Å². The molecule has 94 valence electrons. The van der Waals surface area contributed by atoms with Crippen LogP contribution in [0.2, 0.25) is 0 Å². The van der Waals surface area contributed by atoms with Gasteiger partial charge < -0.3 is 10.2 Å². The van der Waals surface area contributed by atoms with Gasteiger partial charge in [0.15, 0.2) is 0 Å². The molecule has 2 nitrogen and oxygen atoms in total. The van der Waals surface area contributed by atoms with E-state index < -0.39 is 0 Å². The van der Waals surface area contributed by atoms with Crippen LogP contribution in [-0.4, -0.2) is 12.1 Å².